The van der Waals surface area contributed by atoms with E-state index in [0.29, 0.717) is 5.92 Å². The van der Waals surface area contributed by atoms with E-state index in [2.05, 4.69) is 33.1 Å². The Morgan fingerprint density at radius 2 is 2.28 bits per heavy atom. The van der Waals surface area contributed by atoms with Gasteiger partial charge in [0.1, 0.15) is 4.88 Å². The van der Waals surface area contributed by atoms with Crippen LogP contribution >= 0.6 is 27.3 Å². The van der Waals surface area contributed by atoms with Crippen molar-refractivity contribution in [1.29, 1.82) is 0 Å². The molecule has 0 bridgehead atoms. The van der Waals surface area contributed by atoms with Gasteiger partial charge in [-0.3, -0.25) is 4.79 Å². The van der Waals surface area contributed by atoms with Gasteiger partial charge in [-0.15, -0.1) is 11.3 Å². The number of rotatable bonds is 4. The molecule has 1 N–H and O–H groups in total. The van der Waals surface area contributed by atoms with Crippen molar-refractivity contribution in [3.05, 3.63) is 20.8 Å². The highest BCUT2D eigenvalue weighted by Crippen LogP contribution is 2.22. The number of hydrogen-bond donors (Lipinski definition) is 1. The van der Waals surface area contributed by atoms with E-state index in [1.54, 1.807) is 0 Å². The first-order valence-corrected chi connectivity index (χ1v) is 8.11. The summed E-state index contributed by atoms with van der Waals surface area (Å²) in [6.45, 7) is 6.48. The Kier molecular flexibility index (Phi) is 5.21. The highest BCUT2D eigenvalue weighted by atomic mass is 79.9. The number of likely N-dealkylation sites (tertiary alicyclic amines) is 1. The van der Waals surface area contributed by atoms with E-state index in [-0.39, 0.29) is 5.91 Å². The molecule has 1 saturated heterocycles. The minimum Gasteiger partial charge on any atom is -0.351 e. The number of nitrogens with one attached hydrogen (secondary N) is 1. The zero-order chi connectivity index (χ0) is 13.0. The van der Waals surface area contributed by atoms with Gasteiger partial charge in [-0.05, 0) is 65.8 Å². The number of nitrogens with zero attached hydrogens (tertiary/aromatic N) is 1. The molecule has 1 amide bonds. The Labute approximate surface area is 121 Å². The molecule has 1 aliphatic heterocycles. The van der Waals surface area contributed by atoms with Crippen LogP contribution in [0.25, 0.3) is 0 Å². The molecular formula is C13H19BrN2OS. The normalized spacial score (nSPS) is 17.9. The molecule has 0 aliphatic carbocycles. The van der Waals surface area contributed by atoms with Crippen LogP contribution in [0.1, 0.15) is 29.4 Å². The predicted molar refractivity (Wildman–Crippen MR) is 79.2 cm³/mol. The molecule has 100 valence electrons. The van der Waals surface area contributed by atoms with E-state index in [1.807, 2.05) is 11.4 Å². The lowest BCUT2D eigenvalue weighted by Crippen LogP contribution is -2.38. The third kappa shape index (κ3) is 3.56. The average Bonchev–Trinajstić information content (AvgIpc) is 2.83. The molecule has 1 fully saturated rings. The lowest BCUT2D eigenvalue weighted by Gasteiger charge is -2.30. The van der Waals surface area contributed by atoms with E-state index >= 15 is 0 Å². The van der Waals surface area contributed by atoms with Gasteiger partial charge < -0.3 is 10.2 Å². The van der Waals surface area contributed by atoms with Crippen LogP contribution in [0.5, 0.6) is 0 Å². The number of carbonyl (C=O) groups excluding carboxylic acids is 1. The Morgan fingerprint density at radius 1 is 1.56 bits per heavy atom. The maximum atomic E-state index is 11.9. The number of amides is 1. The molecule has 0 spiro atoms. The van der Waals surface area contributed by atoms with Crippen LogP contribution in [0.3, 0.4) is 0 Å². The monoisotopic (exact) mass is 330 g/mol. The van der Waals surface area contributed by atoms with Crippen LogP contribution in [0, 0.1) is 5.92 Å². The summed E-state index contributed by atoms with van der Waals surface area (Å²) in [4.78, 5) is 15.2. The van der Waals surface area contributed by atoms with E-state index in [0.717, 1.165) is 22.4 Å². The van der Waals surface area contributed by atoms with E-state index < -0.39 is 0 Å². The number of halogens is 1. The zero-order valence-electron chi connectivity index (χ0n) is 10.6. The van der Waals surface area contributed by atoms with Crippen molar-refractivity contribution in [2.24, 2.45) is 5.92 Å². The first-order chi connectivity index (χ1) is 8.70. The SMILES string of the molecule is CCN1CCC(CNC(=O)c2sccc2Br)CC1. The molecule has 1 aliphatic rings. The summed E-state index contributed by atoms with van der Waals surface area (Å²) in [5.74, 6) is 0.685. The molecule has 18 heavy (non-hydrogen) atoms. The third-order valence-electron chi connectivity index (χ3n) is 3.53. The highest BCUT2D eigenvalue weighted by molar-refractivity contribution is 9.10. The van der Waals surface area contributed by atoms with Crippen LogP contribution in [0.15, 0.2) is 15.9 Å². The fourth-order valence-corrected chi connectivity index (χ4v) is 3.75. The van der Waals surface area contributed by atoms with Crippen LogP contribution in [0.2, 0.25) is 0 Å². The zero-order valence-corrected chi connectivity index (χ0v) is 13.0. The van der Waals surface area contributed by atoms with Gasteiger partial charge in [0.05, 0.1) is 0 Å². The molecule has 0 aromatic carbocycles. The molecule has 5 heteroatoms. The minimum atomic E-state index is 0.0507. The first kappa shape index (κ1) is 14.0. The van der Waals surface area contributed by atoms with Crippen molar-refractivity contribution in [1.82, 2.24) is 10.2 Å². The molecule has 3 nitrogen and oxygen atoms in total. The van der Waals surface area contributed by atoms with Crippen LogP contribution < -0.4 is 5.32 Å². The van der Waals surface area contributed by atoms with E-state index in [9.17, 15) is 4.79 Å². The quantitative estimate of drug-likeness (QED) is 0.920. The fraction of sp³-hybridized carbons (Fsp3) is 0.615. The second-order valence-electron chi connectivity index (χ2n) is 4.69. The van der Waals surface area contributed by atoms with Crippen molar-refractivity contribution in [2.45, 2.75) is 19.8 Å². The molecule has 0 radical (unpaired) electrons. The molecule has 1 aromatic heterocycles. The summed E-state index contributed by atoms with van der Waals surface area (Å²) < 4.78 is 0.894. The molecule has 1 aromatic rings. The van der Waals surface area contributed by atoms with Gasteiger partial charge in [-0.1, -0.05) is 6.92 Å². The van der Waals surface area contributed by atoms with Crippen LogP contribution in [-0.4, -0.2) is 37.0 Å². The molecule has 2 rings (SSSR count). The van der Waals surface area contributed by atoms with E-state index in [4.69, 9.17) is 0 Å². The lowest BCUT2D eigenvalue weighted by atomic mass is 9.97. The Morgan fingerprint density at radius 3 is 2.83 bits per heavy atom. The summed E-state index contributed by atoms with van der Waals surface area (Å²) in [6, 6.07) is 1.92. The van der Waals surface area contributed by atoms with Gasteiger partial charge in [-0.2, -0.15) is 0 Å². The summed E-state index contributed by atoms with van der Waals surface area (Å²) in [5.41, 5.74) is 0. The molecule has 0 unspecified atom stereocenters. The largest absolute Gasteiger partial charge is 0.351 e. The molecule has 0 atom stereocenters. The number of carbonyl (C=O) groups is 1. The highest BCUT2D eigenvalue weighted by Gasteiger charge is 2.19. The van der Waals surface area contributed by atoms with Crippen LogP contribution in [-0.2, 0) is 0 Å². The first-order valence-electron chi connectivity index (χ1n) is 6.44. The van der Waals surface area contributed by atoms with Gasteiger partial charge in [0.25, 0.3) is 5.91 Å². The minimum absolute atomic E-state index is 0.0507. The maximum absolute atomic E-state index is 11.9. The summed E-state index contributed by atoms with van der Waals surface area (Å²) in [6.07, 6.45) is 2.39. The standard InChI is InChI=1S/C13H19BrN2OS/c1-2-16-6-3-10(4-7-16)9-15-13(17)12-11(14)5-8-18-12/h5,8,10H,2-4,6-7,9H2,1H3,(H,15,17). The maximum Gasteiger partial charge on any atom is 0.262 e. The number of hydrogen-bond acceptors (Lipinski definition) is 3. The molecular weight excluding hydrogens is 312 g/mol. The molecule has 0 saturated carbocycles. The summed E-state index contributed by atoms with van der Waals surface area (Å²) in [5, 5.41) is 4.98. The van der Waals surface area contributed by atoms with Crippen LogP contribution in [0.4, 0.5) is 0 Å². The van der Waals surface area contributed by atoms with Crippen molar-refractivity contribution >= 4 is 33.2 Å². The smallest absolute Gasteiger partial charge is 0.262 e. The predicted octanol–water partition coefficient (Wildman–Crippen LogP) is 2.97. The second kappa shape index (κ2) is 6.68. The van der Waals surface area contributed by atoms with Crippen molar-refractivity contribution in [3.8, 4) is 0 Å². The Hall–Kier alpha value is -0.390. The second-order valence-corrected chi connectivity index (χ2v) is 6.46. The third-order valence-corrected chi connectivity index (χ3v) is 5.37. The average molecular weight is 331 g/mol. The Bertz CT molecular complexity index is 399. The number of thiophene rings is 1. The van der Waals surface area contributed by atoms with Gasteiger partial charge in [0.15, 0.2) is 0 Å². The lowest BCUT2D eigenvalue weighted by molar-refractivity contribution is 0.0940. The van der Waals surface area contributed by atoms with Gasteiger partial charge in [0, 0.05) is 11.0 Å². The van der Waals surface area contributed by atoms with Gasteiger partial charge in [-0.25, -0.2) is 0 Å². The van der Waals surface area contributed by atoms with Gasteiger partial charge in [0.2, 0.25) is 0 Å². The van der Waals surface area contributed by atoms with Crippen molar-refractivity contribution in [3.63, 3.8) is 0 Å². The van der Waals surface area contributed by atoms with Gasteiger partial charge >= 0.3 is 0 Å². The molecule has 2 heterocycles. The van der Waals surface area contributed by atoms with Crippen molar-refractivity contribution < 1.29 is 4.79 Å². The summed E-state index contributed by atoms with van der Waals surface area (Å²) in [7, 11) is 0. The van der Waals surface area contributed by atoms with Crippen molar-refractivity contribution in [2.75, 3.05) is 26.2 Å². The fourth-order valence-electron chi connectivity index (χ4n) is 2.28. The number of piperidine rings is 1. The topological polar surface area (TPSA) is 32.3 Å². The van der Waals surface area contributed by atoms with E-state index in [1.165, 1.54) is 37.3 Å². The Balaban J connectivity index is 1.76. The summed E-state index contributed by atoms with van der Waals surface area (Å²) >= 11 is 4.87.